The van der Waals surface area contributed by atoms with Crippen LogP contribution in [0, 0.1) is 13.8 Å². The van der Waals surface area contributed by atoms with Gasteiger partial charge in [0.15, 0.2) is 0 Å². The summed E-state index contributed by atoms with van der Waals surface area (Å²) in [6, 6.07) is 13.0. The van der Waals surface area contributed by atoms with E-state index in [1.54, 1.807) is 0 Å². The predicted octanol–water partition coefficient (Wildman–Crippen LogP) is 3.61. The molecule has 6 nitrogen and oxygen atoms in total. The normalized spacial score (nSPS) is 15.0. The van der Waals surface area contributed by atoms with Gasteiger partial charge in [0.2, 0.25) is 0 Å². The first-order chi connectivity index (χ1) is 13.9. The SMILES string of the molecule is Cc1cccc(N2CCC(c3nc(C)ccc3CN(C)CCOC(N)=O)CC2)c1. The number of nitrogens with zero attached hydrogens (tertiary/aromatic N) is 3. The molecule has 1 amide bonds. The Kier molecular flexibility index (Phi) is 7.09. The van der Waals surface area contributed by atoms with Crippen molar-refractivity contribution in [2.75, 3.05) is 38.2 Å². The Morgan fingerprint density at radius 1 is 1.24 bits per heavy atom. The minimum absolute atomic E-state index is 0.301. The van der Waals surface area contributed by atoms with Gasteiger partial charge in [-0.25, -0.2) is 4.79 Å². The number of piperidine rings is 1. The van der Waals surface area contributed by atoms with Gasteiger partial charge < -0.3 is 15.4 Å². The van der Waals surface area contributed by atoms with Gasteiger partial charge in [0, 0.05) is 49.2 Å². The number of primary amides is 1. The molecule has 0 aliphatic carbocycles. The summed E-state index contributed by atoms with van der Waals surface area (Å²) >= 11 is 0. The second-order valence-corrected chi connectivity index (χ2v) is 8.00. The molecule has 3 rings (SSSR count). The summed E-state index contributed by atoms with van der Waals surface area (Å²) in [4.78, 5) is 20.3. The fraction of sp³-hybridized carbons (Fsp3) is 0.478. The van der Waals surface area contributed by atoms with Crippen molar-refractivity contribution < 1.29 is 9.53 Å². The molecule has 2 aromatic rings. The van der Waals surface area contributed by atoms with Gasteiger partial charge in [-0.3, -0.25) is 9.88 Å². The highest BCUT2D eigenvalue weighted by Gasteiger charge is 2.24. The van der Waals surface area contributed by atoms with Crippen LogP contribution in [0.15, 0.2) is 36.4 Å². The van der Waals surface area contributed by atoms with Crippen LogP contribution in [0.5, 0.6) is 0 Å². The summed E-state index contributed by atoms with van der Waals surface area (Å²) in [6.07, 6.45) is 1.48. The van der Waals surface area contributed by atoms with E-state index in [9.17, 15) is 4.79 Å². The molecular weight excluding hydrogens is 364 g/mol. The molecule has 0 atom stereocenters. The number of anilines is 1. The van der Waals surface area contributed by atoms with Crippen LogP contribution in [-0.4, -0.2) is 49.3 Å². The molecule has 0 unspecified atom stereocenters. The number of hydrogen-bond donors (Lipinski definition) is 1. The Morgan fingerprint density at radius 3 is 2.69 bits per heavy atom. The van der Waals surface area contributed by atoms with E-state index in [1.807, 2.05) is 7.05 Å². The molecule has 0 saturated carbocycles. The first-order valence-corrected chi connectivity index (χ1v) is 10.3. The van der Waals surface area contributed by atoms with E-state index in [2.05, 4.69) is 60.0 Å². The average molecular weight is 397 g/mol. The van der Waals surface area contributed by atoms with Crippen molar-refractivity contribution in [2.24, 2.45) is 5.73 Å². The Balaban J connectivity index is 1.64. The molecule has 6 heteroatoms. The maximum atomic E-state index is 10.8. The minimum atomic E-state index is -0.725. The van der Waals surface area contributed by atoms with Crippen molar-refractivity contribution in [3.63, 3.8) is 0 Å². The number of carbonyl (C=O) groups excluding carboxylic acids is 1. The number of aryl methyl sites for hydroxylation is 2. The van der Waals surface area contributed by atoms with E-state index in [4.69, 9.17) is 15.5 Å². The van der Waals surface area contributed by atoms with Crippen LogP contribution in [0.1, 0.15) is 41.3 Å². The Bertz CT molecular complexity index is 831. The molecule has 2 N–H and O–H groups in total. The van der Waals surface area contributed by atoms with Gasteiger partial charge in [-0.05, 0) is 63.1 Å². The molecule has 0 bridgehead atoms. The summed E-state index contributed by atoms with van der Waals surface area (Å²) in [6.45, 7) is 8.01. The molecule has 0 radical (unpaired) electrons. The maximum Gasteiger partial charge on any atom is 0.404 e. The van der Waals surface area contributed by atoms with E-state index in [0.717, 1.165) is 38.2 Å². The van der Waals surface area contributed by atoms with Crippen molar-refractivity contribution in [1.29, 1.82) is 0 Å². The van der Waals surface area contributed by atoms with E-state index in [0.29, 0.717) is 19.1 Å². The first kappa shape index (κ1) is 21.1. The van der Waals surface area contributed by atoms with Gasteiger partial charge >= 0.3 is 6.09 Å². The highest BCUT2D eigenvalue weighted by molar-refractivity contribution is 5.64. The third-order valence-electron chi connectivity index (χ3n) is 5.56. The monoisotopic (exact) mass is 396 g/mol. The Hall–Kier alpha value is -2.60. The maximum absolute atomic E-state index is 10.8. The van der Waals surface area contributed by atoms with E-state index >= 15 is 0 Å². The highest BCUT2D eigenvalue weighted by Crippen LogP contribution is 2.32. The standard InChI is InChI=1S/C23H32N4O2/c1-17-5-4-6-21(15-17)27-11-9-19(10-12-27)22-20(8-7-18(2)25-22)16-26(3)13-14-29-23(24)28/h4-8,15,19H,9-14,16H2,1-3H3,(H2,24,28). The van der Waals surface area contributed by atoms with Crippen LogP contribution >= 0.6 is 0 Å². The minimum Gasteiger partial charge on any atom is -0.448 e. The van der Waals surface area contributed by atoms with Crippen molar-refractivity contribution in [2.45, 2.75) is 39.2 Å². The van der Waals surface area contributed by atoms with Gasteiger partial charge in [0.1, 0.15) is 6.61 Å². The molecule has 156 valence electrons. The van der Waals surface area contributed by atoms with E-state index in [-0.39, 0.29) is 0 Å². The zero-order chi connectivity index (χ0) is 20.8. The lowest BCUT2D eigenvalue weighted by Crippen LogP contribution is -2.34. The number of ether oxygens (including phenoxy) is 1. The zero-order valence-electron chi connectivity index (χ0n) is 17.7. The molecule has 1 aromatic carbocycles. The quantitative estimate of drug-likeness (QED) is 0.774. The van der Waals surface area contributed by atoms with Gasteiger partial charge in [-0.2, -0.15) is 0 Å². The fourth-order valence-corrected chi connectivity index (χ4v) is 4.00. The van der Waals surface area contributed by atoms with Crippen molar-refractivity contribution in [3.8, 4) is 0 Å². The van der Waals surface area contributed by atoms with E-state index in [1.165, 1.54) is 22.5 Å². The molecule has 29 heavy (non-hydrogen) atoms. The number of rotatable bonds is 7. The summed E-state index contributed by atoms with van der Waals surface area (Å²) in [5.74, 6) is 0.473. The lowest BCUT2D eigenvalue weighted by molar-refractivity contribution is 0.140. The fourth-order valence-electron chi connectivity index (χ4n) is 4.00. The Morgan fingerprint density at radius 2 is 2.00 bits per heavy atom. The van der Waals surface area contributed by atoms with Crippen molar-refractivity contribution in [3.05, 3.63) is 58.9 Å². The van der Waals surface area contributed by atoms with Gasteiger partial charge in [-0.1, -0.05) is 18.2 Å². The van der Waals surface area contributed by atoms with Crippen LogP contribution in [-0.2, 0) is 11.3 Å². The third kappa shape index (κ3) is 5.94. The van der Waals surface area contributed by atoms with Crippen LogP contribution in [0.3, 0.4) is 0 Å². The number of benzene rings is 1. The summed E-state index contributed by atoms with van der Waals surface area (Å²) in [5, 5.41) is 0. The first-order valence-electron chi connectivity index (χ1n) is 10.3. The predicted molar refractivity (Wildman–Crippen MR) is 116 cm³/mol. The summed E-state index contributed by atoms with van der Waals surface area (Å²) < 4.78 is 4.85. The van der Waals surface area contributed by atoms with Gasteiger partial charge in [0.05, 0.1) is 0 Å². The topological polar surface area (TPSA) is 71.7 Å². The number of nitrogens with two attached hydrogens (primary N) is 1. The summed E-state index contributed by atoms with van der Waals surface area (Å²) in [5.41, 5.74) is 11.2. The van der Waals surface area contributed by atoms with Crippen LogP contribution < -0.4 is 10.6 Å². The van der Waals surface area contributed by atoms with Crippen molar-refractivity contribution >= 4 is 11.8 Å². The van der Waals surface area contributed by atoms with E-state index < -0.39 is 6.09 Å². The molecule has 2 heterocycles. The average Bonchev–Trinajstić information content (AvgIpc) is 2.69. The van der Waals surface area contributed by atoms with Gasteiger partial charge in [-0.15, -0.1) is 0 Å². The van der Waals surface area contributed by atoms with Crippen LogP contribution in [0.2, 0.25) is 0 Å². The lowest BCUT2D eigenvalue weighted by atomic mass is 9.89. The number of carbonyl (C=O) groups is 1. The second-order valence-electron chi connectivity index (χ2n) is 8.00. The molecule has 1 aromatic heterocycles. The Labute approximate surface area is 173 Å². The number of hydrogen-bond acceptors (Lipinski definition) is 5. The molecule has 1 aliphatic heterocycles. The zero-order valence-corrected chi connectivity index (χ0v) is 17.7. The molecule has 0 spiro atoms. The molecule has 1 aliphatic rings. The number of pyridine rings is 1. The van der Waals surface area contributed by atoms with Crippen LogP contribution in [0.25, 0.3) is 0 Å². The number of aromatic nitrogens is 1. The van der Waals surface area contributed by atoms with Gasteiger partial charge in [0.25, 0.3) is 0 Å². The van der Waals surface area contributed by atoms with Crippen molar-refractivity contribution in [1.82, 2.24) is 9.88 Å². The number of likely N-dealkylation sites (N-methyl/N-ethyl adjacent to an activating group) is 1. The second kappa shape index (κ2) is 9.74. The summed E-state index contributed by atoms with van der Waals surface area (Å²) in [7, 11) is 2.02. The smallest absolute Gasteiger partial charge is 0.404 e. The largest absolute Gasteiger partial charge is 0.448 e. The molecule has 1 fully saturated rings. The lowest BCUT2D eigenvalue weighted by Gasteiger charge is -2.34. The number of amides is 1. The third-order valence-corrected chi connectivity index (χ3v) is 5.56. The highest BCUT2D eigenvalue weighted by atomic mass is 16.5. The molecular formula is C23H32N4O2. The molecule has 1 saturated heterocycles. The van der Waals surface area contributed by atoms with Crippen LogP contribution in [0.4, 0.5) is 10.5 Å².